The Balaban J connectivity index is 1.56. The second kappa shape index (κ2) is 6.60. The minimum Gasteiger partial charge on any atom is -0.497 e. The summed E-state index contributed by atoms with van der Waals surface area (Å²) in [7, 11) is 1.66. The summed E-state index contributed by atoms with van der Waals surface area (Å²) in [6, 6.07) is 9.51. The quantitative estimate of drug-likeness (QED) is 0.941. The van der Waals surface area contributed by atoms with Gasteiger partial charge in [-0.05, 0) is 19.1 Å². The molecule has 0 atom stereocenters. The van der Waals surface area contributed by atoms with Crippen LogP contribution in [0.4, 0.5) is 16.3 Å². The second-order valence-electron chi connectivity index (χ2n) is 5.43. The third-order valence-corrected chi connectivity index (χ3v) is 3.85. The lowest BCUT2D eigenvalue weighted by molar-refractivity contribution is 0.208. The van der Waals surface area contributed by atoms with Crippen LogP contribution in [0.5, 0.6) is 5.75 Å². The number of nitrogens with zero attached hydrogens (tertiary/aromatic N) is 3. The molecule has 1 aliphatic heterocycles. The molecule has 1 aromatic heterocycles. The predicted molar refractivity (Wildman–Crippen MR) is 87.0 cm³/mol. The Bertz CT molecular complexity index is 677. The first-order valence-electron chi connectivity index (χ1n) is 7.54. The first-order chi connectivity index (χ1) is 11.2. The Morgan fingerprint density at radius 1 is 1.26 bits per heavy atom. The maximum atomic E-state index is 12.2. The molecule has 0 bridgehead atoms. The summed E-state index contributed by atoms with van der Waals surface area (Å²) in [5.74, 6) is 1.95. The monoisotopic (exact) mass is 316 g/mol. The summed E-state index contributed by atoms with van der Waals surface area (Å²) in [5, 5.41) is 6.52. The maximum Gasteiger partial charge on any atom is 0.323 e. The predicted octanol–water partition coefficient (Wildman–Crippen LogP) is 2.35. The van der Waals surface area contributed by atoms with Gasteiger partial charge in [0, 0.05) is 44.0 Å². The number of aromatic nitrogens is 1. The van der Waals surface area contributed by atoms with Crippen molar-refractivity contribution in [3.05, 3.63) is 36.1 Å². The van der Waals surface area contributed by atoms with E-state index in [1.165, 1.54) is 0 Å². The lowest BCUT2D eigenvalue weighted by Crippen LogP contribution is -2.50. The highest BCUT2D eigenvalue weighted by Gasteiger charge is 2.22. The fraction of sp³-hybridized carbons (Fsp3) is 0.375. The number of rotatable bonds is 3. The molecule has 7 heteroatoms. The number of piperazine rings is 1. The van der Waals surface area contributed by atoms with Gasteiger partial charge in [0.1, 0.15) is 11.5 Å². The zero-order valence-corrected chi connectivity index (χ0v) is 13.3. The molecule has 1 aromatic carbocycles. The van der Waals surface area contributed by atoms with E-state index in [0.717, 1.165) is 24.5 Å². The number of aryl methyl sites for hydroxylation is 1. The molecule has 2 amide bonds. The van der Waals surface area contributed by atoms with Crippen molar-refractivity contribution in [1.82, 2.24) is 10.1 Å². The number of anilines is 2. The molecule has 7 nitrogen and oxygen atoms in total. The number of amides is 2. The van der Waals surface area contributed by atoms with Gasteiger partial charge in [-0.1, -0.05) is 11.2 Å². The molecular weight excluding hydrogens is 296 g/mol. The van der Waals surface area contributed by atoms with Gasteiger partial charge in [0.05, 0.1) is 7.11 Å². The number of methoxy groups -OCH3 is 1. The summed E-state index contributed by atoms with van der Waals surface area (Å²) < 4.78 is 10.2. The minimum absolute atomic E-state index is 0.149. The van der Waals surface area contributed by atoms with Crippen LogP contribution < -0.4 is 15.0 Å². The molecular formula is C16H20N4O3. The van der Waals surface area contributed by atoms with Crippen LogP contribution in [-0.2, 0) is 0 Å². The van der Waals surface area contributed by atoms with Crippen LogP contribution in [0.1, 0.15) is 5.76 Å². The molecule has 2 heterocycles. The van der Waals surface area contributed by atoms with Gasteiger partial charge in [-0.3, -0.25) is 5.32 Å². The van der Waals surface area contributed by atoms with Gasteiger partial charge in [-0.15, -0.1) is 0 Å². The molecule has 0 unspecified atom stereocenters. The van der Waals surface area contributed by atoms with E-state index in [9.17, 15) is 4.79 Å². The third-order valence-electron chi connectivity index (χ3n) is 3.85. The number of hydrogen-bond donors (Lipinski definition) is 1. The minimum atomic E-state index is -0.149. The summed E-state index contributed by atoms with van der Waals surface area (Å²) in [6.45, 7) is 4.65. The van der Waals surface area contributed by atoms with Crippen LogP contribution in [0.3, 0.4) is 0 Å². The molecule has 1 fully saturated rings. The normalized spacial score (nSPS) is 14.7. The second-order valence-corrected chi connectivity index (χ2v) is 5.43. The van der Waals surface area contributed by atoms with Gasteiger partial charge < -0.3 is 19.1 Å². The third kappa shape index (κ3) is 3.56. The zero-order valence-electron chi connectivity index (χ0n) is 13.3. The van der Waals surface area contributed by atoms with Crippen molar-refractivity contribution in [3.8, 4) is 5.75 Å². The Morgan fingerprint density at radius 2 is 2.04 bits per heavy atom. The van der Waals surface area contributed by atoms with Crippen LogP contribution in [-0.4, -0.2) is 49.4 Å². The summed E-state index contributed by atoms with van der Waals surface area (Å²) in [5.41, 5.74) is 1.11. The molecule has 2 aromatic rings. The standard InChI is InChI=1S/C16H20N4O3/c1-12-10-15(18-23-12)17-16(21)20-8-6-19(7-9-20)13-4-3-5-14(11-13)22-2/h3-5,10-11H,6-9H2,1-2H3,(H,17,18,21). The van der Waals surface area contributed by atoms with Crippen molar-refractivity contribution in [1.29, 1.82) is 0 Å². The molecule has 1 aliphatic rings. The molecule has 0 aliphatic carbocycles. The molecule has 3 rings (SSSR count). The summed E-state index contributed by atoms with van der Waals surface area (Å²) >= 11 is 0. The van der Waals surface area contributed by atoms with Crippen LogP contribution in [0.25, 0.3) is 0 Å². The van der Waals surface area contributed by atoms with Gasteiger partial charge >= 0.3 is 6.03 Å². The Morgan fingerprint density at radius 3 is 2.70 bits per heavy atom. The van der Waals surface area contributed by atoms with Crippen LogP contribution in [0.15, 0.2) is 34.9 Å². The van der Waals surface area contributed by atoms with Gasteiger partial charge in [0.25, 0.3) is 0 Å². The number of urea groups is 1. The van der Waals surface area contributed by atoms with Gasteiger partial charge in [-0.25, -0.2) is 4.79 Å². The average molecular weight is 316 g/mol. The highest BCUT2D eigenvalue weighted by atomic mass is 16.5. The van der Waals surface area contributed by atoms with Crippen molar-refractivity contribution in [2.24, 2.45) is 0 Å². The molecule has 0 spiro atoms. The van der Waals surface area contributed by atoms with Crippen LogP contribution in [0, 0.1) is 6.92 Å². The Kier molecular flexibility index (Phi) is 4.36. The summed E-state index contributed by atoms with van der Waals surface area (Å²) in [6.07, 6.45) is 0. The van der Waals surface area contributed by atoms with Crippen molar-refractivity contribution in [3.63, 3.8) is 0 Å². The fourth-order valence-corrected chi connectivity index (χ4v) is 2.59. The van der Waals surface area contributed by atoms with E-state index in [4.69, 9.17) is 9.26 Å². The molecule has 1 saturated heterocycles. The lowest BCUT2D eigenvalue weighted by atomic mass is 10.2. The molecule has 23 heavy (non-hydrogen) atoms. The number of benzene rings is 1. The maximum absolute atomic E-state index is 12.2. The zero-order chi connectivity index (χ0) is 16.2. The van der Waals surface area contributed by atoms with Crippen molar-refractivity contribution in [2.75, 3.05) is 43.5 Å². The van der Waals surface area contributed by atoms with E-state index in [2.05, 4.69) is 21.4 Å². The Hall–Kier alpha value is -2.70. The van der Waals surface area contributed by atoms with E-state index in [0.29, 0.717) is 24.7 Å². The fourth-order valence-electron chi connectivity index (χ4n) is 2.59. The average Bonchev–Trinajstić information content (AvgIpc) is 3.00. The molecule has 122 valence electrons. The van der Waals surface area contributed by atoms with E-state index in [1.807, 2.05) is 18.2 Å². The number of carbonyl (C=O) groups is 1. The Labute approximate surface area is 134 Å². The highest BCUT2D eigenvalue weighted by molar-refractivity contribution is 5.88. The number of hydrogen-bond acceptors (Lipinski definition) is 5. The lowest BCUT2D eigenvalue weighted by Gasteiger charge is -2.36. The van der Waals surface area contributed by atoms with Gasteiger partial charge in [-0.2, -0.15) is 0 Å². The van der Waals surface area contributed by atoms with E-state index in [1.54, 1.807) is 25.0 Å². The van der Waals surface area contributed by atoms with E-state index >= 15 is 0 Å². The summed E-state index contributed by atoms with van der Waals surface area (Å²) in [4.78, 5) is 16.2. The smallest absolute Gasteiger partial charge is 0.323 e. The topological polar surface area (TPSA) is 70.8 Å². The van der Waals surface area contributed by atoms with Gasteiger partial charge in [0.2, 0.25) is 0 Å². The largest absolute Gasteiger partial charge is 0.497 e. The molecule has 1 N–H and O–H groups in total. The number of nitrogens with one attached hydrogen (secondary N) is 1. The number of ether oxygens (including phenoxy) is 1. The number of carbonyl (C=O) groups excluding carboxylic acids is 1. The van der Waals surface area contributed by atoms with Crippen molar-refractivity contribution in [2.45, 2.75) is 6.92 Å². The van der Waals surface area contributed by atoms with Crippen LogP contribution >= 0.6 is 0 Å². The van der Waals surface area contributed by atoms with Crippen molar-refractivity contribution >= 4 is 17.5 Å². The van der Waals surface area contributed by atoms with Gasteiger partial charge in [0.15, 0.2) is 5.82 Å². The van der Waals surface area contributed by atoms with Crippen LogP contribution in [0.2, 0.25) is 0 Å². The first-order valence-corrected chi connectivity index (χ1v) is 7.54. The SMILES string of the molecule is COc1cccc(N2CCN(C(=O)Nc3cc(C)on3)CC2)c1. The van der Waals surface area contributed by atoms with E-state index in [-0.39, 0.29) is 6.03 Å². The van der Waals surface area contributed by atoms with Crippen molar-refractivity contribution < 1.29 is 14.1 Å². The highest BCUT2D eigenvalue weighted by Crippen LogP contribution is 2.22. The molecule has 0 radical (unpaired) electrons. The van der Waals surface area contributed by atoms with E-state index < -0.39 is 0 Å². The molecule has 0 saturated carbocycles. The first kappa shape index (κ1) is 15.2.